The van der Waals surface area contributed by atoms with Gasteiger partial charge in [-0.25, -0.2) is 4.98 Å². The minimum atomic E-state index is -0.189. The molecule has 37 heavy (non-hydrogen) atoms. The summed E-state index contributed by atoms with van der Waals surface area (Å²) in [4.78, 5) is 33.9. The first-order valence-corrected chi connectivity index (χ1v) is 13.0. The zero-order chi connectivity index (χ0) is 26.4. The summed E-state index contributed by atoms with van der Waals surface area (Å²) in [6.45, 7) is 5.76. The molecule has 4 rings (SSSR count). The lowest BCUT2D eigenvalue weighted by Gasteiger charge is -2.31. The summed E-state index contributed by atoms with van der Waals surface area (Å²) in [5, 5.41) is 1.04. The second-order valence-corrected chi connectivity index (χ2v) is 10.1. The van der Waals surface area contributed by atoms with Gasteiger partial charge in [0, 0.05) is 30.6 Å². The number of rotatable bonds is 10. The quantitative estimate of drug-likeness (QED) is 0.326. The lowest BCUT2D eigenvalue weighted by atomic mass is 9.93. The molecule has 6 nitrogen and oxygen atoms in total. The molecule has 0 aliphatic rings. The van der Waals surface area contributed by atoms with Gasteiger partial charge in [-0.1, -0.05) is 86.1 Å². The first-order chi connectivity index (χ1) is 17.9. The third-order valence-electron chi connectivity index (χ3n) is 6.63. The van der Waals surface area contributed by atoms with Gasteiger partial charge in [-0.3, -0.25) is 14.2 Å². The molecule has 0 aliphatic carbocycles. The first kappa shape index (κ1) is 26.6. The fourth-order valence-electron chi connectivity index (χ4n) is 4.60. The van der Waals surface area contributed by atoms with Crippen molar-refractivity contribution in [3.63, 3.8) is 0 Å². The van der Waals surface area contributed by atoms with E-state index in [2.05, 4.69) is 13.8 Å². The number of nitrogens with zero attached hydrogens (tertiary/aromatic N) is 3. The van der Waals surface area contributed by atoms with Crippen LogP contribution in [0.2, 0.25) is 5.02 Å². The van der Waals surface area contributed by atoms with Crippen LogP contribution in [-0.2, 0) is 17.8 Å². The van der Waals surface area contributed by atoms with Gasteiger partial charge in [0.2, 0.25) is 5.91 Å². The number of fused-ring (bicyclic) bond motifs is 1. The van der Waals surface area contributed by atoms with Crippen molar-refractivity contribution in [3.8, 4) is 0 Å². The predicted molar refractivity (Wildman–Crippen MR) is 150 cm³/mol. The number of hydrogen-bond acceptors (Lipinski definition) is 4. The van der Waals surface area contributed by atoms with E-state index in [1.165, 1.54) is 0 Å². The lowest BCUT2D eigenvalue weighted by molar-refractivity contribution is -0.130. The van der Waals surface area contributed by atoms with Crippen molar-refractivity contribution >= 4 is 28.4 Å². The number of amides is 1. The van der Waals surface area contributed by atoms with Crippen molar-refractivity contribution in [1.29, 1.82) is 0 Å². The number of carbonyl (C=O) groups is 1. The maximum Gasteiger partial charge on any atom is 0.261 e. The third-order valence-corrected chi connectivity index (χ3v) is 6.87. The molecule has 1 unspecified atom stereocenters. The average molecular weight is 517 g/mol. The van der Waals surface area contributed by atoms with Gasteiger partial charge in [0.15, 0.2) is 0 Å². The minimum absolute atomic E-state index is 0.00286. The SMILES string of the molecule is CC(C)C(CN(CCN)C(=O)Cc1ccccc1)c1nc2cc(Cl)ccc2c(=O)n1Cc1ccccc1. The average Bonchev–Trinajstić information content (AvgIpc) is 2.89. The zero-order valence-electron chi connectivity index (χ0n) is 21.3. The Morgan fingerprint density at radius 1 is 1.00 bits per heavy atom. The Bertz CT molecular complexity index is 1400. The summed E-state index contributed by atoms with van der Waals surface area (Å²) in [5.74, 6) is 0.567. The topological polar surface area (TPSA) is 81.2 Å². The summed E-state index contributed by atoms with van der Waals surface area (Å²) in [5.41, 5.74) is 8.32. The number of benzene rings is 3. The highest BCUT2D eigenvalue weighted by molar-refractivity contribution is 6.31. The fourth-order valence-corrected chi connectivity index (χ4v) is 4.76. The van der Waals surface area contributed by atoms with Crippen LogP contribution >= 0.6 is 11.6 Å². The molecule has 0 saturated heterocycles. The number of halogens is 1. The summed E-state index contributed by atoms with van der Waals surface area (Å²) >= 11 is 6.26. The van der Waals surface area contributed by atoms with Crippen LogP contribution in [0.1, 0.15) is 36.7 Å². The van der Waals surface area contributed by atoms with E-state index >= 15 is 0 Å². The van der Waals surface area contributed by atoms with E-state index in [0.29, 0.717) is 54.3 Å². The molecule has 0 fully saturated rings. The van der Waals surface area contributed by atoms with Crippen LogP contribution in [0.3, 0.4) is 0 Å². The summed E-state index contributed by atoms with van der Waals surface area (Å²) in [7, 11) is 0. The smallest absolute Gasteiger partial charge is 0.261 e. The Labute approximate surface area is 222 Å². The van der Waals surface area contributed by atoms with Crippen LogP contribution in [0.25, 0.3) is 10.9 Å². The van der Waals surface area contributed by atoms with Crippen molar-refractivity contribution in [1.82, 2.24) is 14.5 Å². The Morgan fingerprint density at radius 2 is 1.65 bits per heavy atom. The summed E-state index contributed by atoms with van der Waals surface area (Å²) in [6, 6.07) is 24.7. The molecule has 1 amide bonds. The molecule has 2 N–H and O–H groups in total. The van der Waals surface area contributed by atoms with Crippen molar-refractivity contribution in [3.05, 3.63) is 111 Å². The molecule has 192 valence electrons. The molecule has 0 aliphatic heterocycles. The van der Waals surface area contributed by atoms with Crippen LogP contribution in [0.5, 0.6) is 0 Å². The number of hydrogen-bond donors (Lipinski definition) is 1. The number of aromatic nitrogens is 2. The normalized spacial score (nSPS) is 12.1. The van der Waals surface area contributed by atoms with Crippen LogP contribution in [0.4, 0.5) is 0 Å². The van der Waals surface area contributed by atoms with Gasteiger partial charge in [-0.2, -0.15) is 0 Å². The fraction of sp³-hybridized carbons (Fsp3) is 0.300. The molecule has 0 bridgehead atoms. The van der Waals surface area contributed by atoms with Crippen LogP contribution in [0.15, 0.2) is 83.7 Å². The lowest BCUT2D eigenvalue weighted by Crippen LogP contribution is -2.41. The van der Waals surface area contributed by atoms with Crippen molar-refractivity contribution in [2.24, 2.45) is 11.7 Å². The molecule has 1 atom stereocenters. The highest BCUT2D eigenvalue weighted by Gasteiger charge is 2.27. The summed E-state index contributed by atoms with van der Waals surface area (Å²) < 4.78 is 1.75. The van der Waals surface area contributed by atoms with E-state index in [-0.39, 0.29) is 23.3 Å². The number of nitrogens with two attached hydrogens (primary N) is 1. The van der Waals surface area contributed by atoms with Crippen LogP contribution in [-0.4, -0.2) is 40.0 Å². The van der Waals surface area contributed by atoms with Crippen molar-refractivity contribution in [2.45, 2.75) is 32.7 Å². The van der Waals surface area contributed by atoms with Crippen LogP contribution < -0.4 is 11.3 Å². The van der Waals surface area contributed by atoms with E-state index in [1.807, 2.05) is 60.7 Å². The van der Waals surface area contributed by atoms with Gasteiger partial charge in [-0.05, 0) is 35.2 Å². The van der Waals surface area contributed by atoms with E-state index in [4.69, 9.17) is 22.3 Å². The zero-order valence-corrected chi connectivity index (χ0v) is 22.1. The second-order valence-electron chi connectivity index (χ2n) is 9.65. The second kappa shape index (κ2) is 12.2. The van der Waals surface area contributed by atoms with Gasteiger partial charge in [-0.15, -0.1) is 0 Å². The van der Waals surface area contributed by atoms with Gasteiger partial charge in [0.05, 0.1) is 23.9 Å². The highest BCUT2D eigenvalue weighted by atomic mass is 35.5. The Kier molecular flexibility index (Phi) is 8.74. The maximum atomic E-state index is 13.8. The van der Waals surface area contributed by atoms with Gasteiger partial charge < -0.3 is 10.6 Å². The molecule has 0 spiro atoms. The Balaban J connectivity index is 1.77. The molecular weight excluding hydrogens is 484 g/mol. The van der Waals surface area contributed by atoms with Crippen molar-refractivity contribution < 1.29 is 4.79 Å². The Morgan fingerprint density at radius 3 is 2.27 bits per heavy atom. The molecule has 0 saturated carbocycles. The van der Waals surface area contributed by atoms with Gasteiger partial charge >= 0.3 is 0 Å². The molecular formula is C30H33ClN4O2. The van der Waals surface area contributed by atoms with E-state index in [1.54, 1.807) is 27.7 Å². The molecule has 7 heteroatoms. The molecule has 3 aromatic carbocycles. The highest BCUT2D eigenvalue weighted by Crippen LogP contribution is 2.27. The van der Waals surface area contributed by atoms with E-state index < -0.39 is 0 Å². The molecule has 4 aromatic rings. The maximum absolute atomic E-state index is 13.8. The van der Waals surface area contributed by atoms with E-state index in [0.717, 1.165) is 11.1 Å². The van der Waals surface area contributed by atoms with E-state index in [9.17, 15) is 9.59 Å². The molecule has 1 aromatic heterocycles. The largest absolute Gasteiger partial charge is 0.340 e. The standard InChI is InChI=1S/C30H33ClN4O2/c1-21(2)26(20-34(16-15-32)28(36)17-22-9-5-3-6-10-22)29-33-27-18-24(31)13-14-25(27)30(37)35(29)19-23-11-7-4-8-12-23/h3-14,18,21,26H,15-17,19-20,32H2,1-2H3. The summed E-state index contributed by atoms with van der Waals surface area (Å²) in [6.07, 6.45) is 0.295. The van der Waals surface area contributed by atoms with Gasteiger partial charge in [0.25, 0.3) is 5.56 Å². The monoisotopic (exact) mass is 516 g/mol. The Hall–Kier alpha value is -3.48. The van der Waals surface area contributed by atoms with Gasteiger partial charge in [0.1, 0.15) is 5.82 Å². The first-order valence-electron chi connectivity index (χ1n) is 12.6. The minimum Gasteiger partial charge on any atom is -0.340 e. The predicted octanol–water partition coefficient (Wildman–Crippen LogP) is 4.87. The number of carbonyl (C=O) groups excluding carboxylic acids is 1. The molecule has 0 radical (unpaired) electrons. The van der Waals surface area contributed by atoms with Crippen molar-refractivity contribution in [2.75, 3.05) is 19.6 Å². The van der Waals surface area contributed by atoms with Crippen LogP contribution in [0, 0.1) is 5.92 Å². The molecule has 1 heterocycles. The third kappa shape index (κ3) is 6.45.